The average Bonchev–Trinajstić information content (AvgIpc) is 2.28. The van der Waals surface area contributed by atoms with E-state index in [0.717, 1.165) is 24.6 Å². The van der Waals surface area contributed by atoms with Crippen molar-refractivity contribution in [3.63, 3.8) is 0 Å². The Labute approximate surface area is 102 Å². The SMILES string of the molecule is Cc1cc(C(=O)O)ccc1N1CCCC(C)C1. The Bertz CT molecular complexity index is 428. The third kappa shape index (κ3) is 2.60. The molecular weight excluding hydrogens is 214 g/mol. The van der Waals surface area contributed by atoms with Crippen molar-refractivity contribution in [3.8, 4) is 0 Å². The number of benzene rings is 1. The number of aryl methyl sites for hydroxylation is 1. The van der Waals surface area contributed by atoms with Crippen molar-refractivity contribution in [1.29, 1.82) is 0 Å². The summed E-state index contributed by atoms with van der Waals surface area (Å²) in [5.74, 6) is -0.131. The zero-order valence-electron chi connectivity index (χ0n) is 10.4. The lowest BCUT2D eigenvalue weighted by molar-refractivity contribution is 0.0697. The van der Waals surface area contributed by atoms with E-state index in [4.69, 9.17) is 5.11 Å². The zero-order valence-corrected chi connectivity index (χ0v) is 10.4. The number of hydrogen-bond acceptors (Lipinski definition) is 2. The molecule has 92 valence electrons. The van der Waals surface area contributed by atoms with Crippen LogP contribution < -0.4 is 4.90 Å². The van der Waals surface area contributed by atoms with E-state index in [-0.39, 0.29) is 0 Å². The van der Waals surface area contributed by atoms with Crippen molar-refractivity contribution in [3.05, 3.63) is 29.3 Å². The molecule has 1 aliphatic rings. The van der Waals surface area contributed by atoms with Gasteiger partial charge in [-0.15, -0.1) is 0 Å². The molecular formula is C14H19NO2. The molecule has 1 aromatic rings. The van der Waals surface area contributed by atoms with Crippen LogP contribution in [0.5, 0.6) is 0 Å². The number of aromatic carboxylic acids is 1. The first-order valence-electron chi connectivity index (χ1n) is 6.17. The van der Waals surface area contributed by atoms with Gasteiger partial charge in [0.2, 0.25) is 0 Å². The second-order valence-corrected chi connectivity index (χ2v) is 5.00. The number of carboxylic acid groups (broad SMARTS) is 1. The Hall–Kier alpha value is -1.51. The second-order valence-electron chi connectivity index (χ2n) is 5.00. The molecule has 1 N–H and O–H groups in total. The van der Waals surface area contributed by atoms with Crippen LogP contribution in [0.4, 0.5) is 5.69 Å². The highest BCUT2D eigenvalue weighted by Gasteiger charge is 2.18. The minimum Gasteiger partial charge on any atom is -0.478 e. The number of nitrogens with zero attached hydrogens (tertiary/aromatic N) is 1. The molecule has 0 amide bonds. The van der Waals surface area contributed by atoms with Gasteiger partial charge in [0.1, 0.15) is 0 Å². The van der Waals surface area contributed by atoms with Gasteiger partial charge >= 0.3 is 5.97 Å². The Morgan fingerprint density at radius 3 is 2.82 bits per heavy atom. The van der Waals surface area contributed by atoms with Gasteiger partial charge in [0.15, 0.2) is 0 Å². The van der Waals surface area contributed by atoms with Crippen LogP contribution in [0.15, 0.2) is 18.2 Å². The minimum absolute atomic E-state index is 0.372. The van der Waals surface area contributed by atoms with Crippen LogP contribution in [0.2, 0.25) is 0 Å². The molecule has 1 aromatic carbocycles. The number of carbonyl (C=O) groups is 1. The standard InChI is InChI=1S/C14H19NO2/c1-10-4-3-7-15(9-10)13-6-5-12(14(16)17)8-11(13)2/h5-6,8,10H,3-4,7,9H2,1-2H3,(H,16,17). The molecule has 1 saturated heterocycles. The third-order valence-corrected chi connectivity index (χ3v) is 3.44. The molecule has 1 atom stereocenters. The van der Waals surface area contributed by atoms with Gasteiger partial charge in [0, 0.05) is 18.8 Å². The summed E-state index contributed by atoms with van der Waals surface area (Å²) in [7, 11) is 0. The van der Waals surface area contributed by atoms with E-state index >= 15 is 0 Å². The van der Waals surface area contributed by atoms with E-state index in [0.29, 0.717) is 5.56 Å². The lowest BCUT2D eigenvalue weighted by Gasteiger charge is -2.33. The molecule has 0 bridgehead atoms. The van der Waals surface area contributed by atoms with E-state index in [9.17, 15) is 4.79 Å². The van der Waals surface area contributed by atoms with Gasteiger partial charge in [-0.2, -0.15) is 0 Å². The normalized spacial score (nSPS) is 20.4. The molecule has 0 radical (unpaired) electrons. The Morgan fingerprint density at radius 2 is 2.24 bits per heavy atom. The summed E-state index contributed by atoms with van der Waals surface area (Å²) < 4.78 is 0. The summed E-state index contributed by atoms with van der Waals surface area (Å²) in [4.78, 5) is 13.2. The van der Waals surface area contributed by atoms with E-state index in [1.54, 1.807) is 12.1 Å². The lowest BCUT2D eigenvalue weighted by Crippen LogP contribution is -2.34. The number of rotatable bonds is 2. The van der Waals surface area contributed by atoms with Crippen LogP contribution in [0, 0.1) is 12.8 Å². The largest absolute Gasteiger partial charge is 0.478 e. The molecule has 0 spiro atoms. The monoisotopic (exact) mass is 233 g/mol. The second kappa shape index (κ2) is 4.78. The number of hydrogen-bond donors (Lipinski definition) is 1. The van der Waals surface area contributed by atoms with Crippen LogP contribution in [0.3, 0.4) is 0 Å². The van der Waals surface area contributed by atoms with Crippen LogP contribution in [-0.4, -0.2) is 24.2 Å². The van der Waals surface area contributed by atoms with Gasteiger partial charge in [-0.05, 0) is 49.4 Å². The van der Waals surface area contributed by atoms with E-state index < -0.39 is 5.97 Å². The third-order valence-electron chi connectivity index (χ3n) is 3.44. The summed E-state index contributed by atoms with van der Waals surface area (Å²) >= 11 is 0. The van der Waals surface area contributed by atoms with Crippen molar-refractivity contribution >= 4 is 11.7 Å². The number of carboxylic acids is 1. The van der Waals surface area contributed by atoms with Gasteiger partial charge in [-0.25, -0.2) is 4.79 Å². The van der Waals surface area contributed by atoms with E-state index in [1.165, 1.54) is 18.5 Å². The van der Waals surface area contributed by atoms with Gasteiger partial charge in [0.25, 0.3) is 0 Å². The maximum absolute atomic E-state index is 10.9. The van der Waals surface area contributed by atoms with Crippen LogP contribution in [0.25, 0.3) is 0 Å². The molecule has 1 heterocycles. The highest BCUT2D eigenvalue weighted by atomic mass is 16.4. The maximum Gasteiger partial charge on any atom is 0.335 e. The first-order valence-corrected chi connectivity index (χ1v) is 6.17. The van der Waals surface area contributed by atoms with Crippen LogP contribution >= 0.6 is 0 Å². The summed E-state index contributed by atoms with van der Waals surface area (Å²) in [6, 6.07) is 5.40. The van der Waals surface area contributed by atoms with Gasteiger partial charge in [-0.3, -0.25) is 0 Å². The fraction of sp³-hybridized carbons (Fsp3) is 0.500. The van der Waals surface area contributed by atoms with Crippen molar-refractivity contribution < 1.29 is 9.90 Å². The summed E-state index contributed by atoms with van der Waals surface area (Å²) in [6.45, 7) is 6.42. The first kappa shape index (κ1) is 12.0. The smallest absolute Gasteiger partial charge is 0.335 e. The highest BCUT2D eigenvalue weighted by molar-refractivity contribution is 5.88. The maximum atomic E-state index is 10.9. The summed E-state index contributed by atoms with van der Waals surface area (Å²) in [6.07, 6.45) is 2.52. The van der Waals surface area contributed by atoms with Gasteiger partial charge < -0.3 is 10.0 Å². The molecule has 17 heavy (non-hydrogen) atoms. The molecule has 1 unspecified atom stereocenters. The summed E-state index contributed by atoms with van der Waals surface area (Å²) in [5, 5.41) is 8.94. The molecule has 1 fully saturated rings. The minimum atomic E-state index is -0.855. The molecule has 0 aliphatic carbocycles. The molecule has 1 aliphatic heterocycles. The number of piperidine rings is 1. The van der Waals surface area contributed by atoms with Crippen LogP contribution in [0.1, 0.15) is 35.7 Å². The quantitative estimate of drug-likeness (QED) is 0.853. The first-order chi connectivity index (χ1) is 8.08. The van der Waals surface area contributed by atoms with Gasteiger partial charge in [0.05, 0.1) is 5.56 Å². The van der Waals surface area contributed by atoms with E-state index in [2.05, 4.69) is 11.8 Å². The van der Waals surface area contributed by atoms with Crippen molar-refractivity contribution in [2.75, 3.05) is 18.0 Å². The molecule has 2 rings (SSSR count). The molecule has 3 nitrogen and oxygen atoms in total. The van der Waals surface area contributed by atoms with Crippen molar-refractivity contribution in [1.82, 2.24) is 0 Å². The van der Waals surface area contributed by atoms with Crippen LogP contribution in [-0.2, 0) is 0 Å². The van der Waals surface area contributed by atoms with Gasteiger partial charge in [-0.1, -0.05) is 6.92 Å². The Morgan fingerprint density at radius 1 is 1.47 bits per heavy atom. The lowest BCUT2D eigenvalue weighted by atomic mass is 9.98. The average molecular weight is 233 g/mol. The summed E-state index contributed by atoms with van der Waals surface area (Å²) in [5.41, 5.74) is 2.61. The number of anilines is 1. The predicted octanol–water partition coefficient (Wildman–Crippen LogP) is 2.93. The fourth-order valence-electron chi connectivity index (χ4n) is 2.55. The highest BCUT2D eigenvalue weighted by Crippen LogP contribution is 2.26. The predicted molar refractivity (Wildman–Crippen MR) is 68.7 cm³/mol. The molecule has 0 aromatic heterocycles. The Kier molecular flexibility index (Phi) is 3.36. The van der Waals surface area contributed by atoms with Crippen molar-refractivity contribution in [2.24, 2.45) is 5.92 Å². The van der Waals surface area contributed by atoms with E-state index in [1.807, 2.05) is 13.0 Å². The molecule has 0 saturated carbocycles. The Balaban J connectivity index is 2.23. The fourth-order valence-corrected chi connectivity index (χ4v) is 2.55. The van der Waals surface area contributed by atoms with Crippen molar-refractivity contribution in [2.45, 2.75) is 26.7 Å². The zero-order chi connectivity index (χ0) is 12.4. The molecule has 3 heteroatoms. The topological polar surface area (TPSA) is 40.5 Å².